The minimum Gasteiger partial charge on any atom is -0.316 e. The van der Waals surface area contributed by atoms with E-state index in [0.717, 1.165) is 18.6 Å². The van der Waals surface area contributed by atoms with E-state index in [0.29, 0.717) is 6.04 Å². The van der Waals surface area contributed by atoms with Gasteiger partial charge in [-0.05, 0) is 38.6 Å². The largest absolute Gasteiger partial charge is 0.316 e. The number of hydrogen-bond acceptors (Lipinski definition) is 3. The molecule has 0 spiro atoms. The number of likely N-dealkylation sites (tertiary alicyclic amines) is 1. The van der Waals surface area contributed by atoms with Crippen LogP contribution in [0.25, 0.3) is 10.9 Å². The highest BCUT2D eigenvalue weighted by molar-refractivity contribution is 5.85. The second kappa shape index (κ2) is 8.54. The molecule has 116 valence electrons. The van der Waals surface area contributed by atoms with Crippen LogP contribution in [0.3, 0.4) is 0 Å². The number of hydrogen-bond donors (Lipinski definition) is 1. The number of fused-ring (bicyclic) bond motifs is 1. The Kier molecular flexibility index (Phi) is 7.40. The molecule has 1 aliphatic heterocycles. The Bertz CT molecular complexity index is 562. The second-order valence-electron chi connectivity index (χ2n) is 5.36. The van der Waals surface area contributed by atoms with Gasteiger partial charge in [0, 0.05) is 24.5 Å². The summed E-state index contributed by atoms with van der Waals surface area (Å²) >= 11 is 0. The van der Waals surface area contributed by atoms with E-state index in [1.54, 1.807) is 0 Å². The van der Waals surface area contributed by atoms with E-state index in [1.165, 1.54) is 30.5 Å². The van der Waals surface area contributed by atoms with Crippen LogP contribution in [0.4, 0.5) is 0 Å². The van der Waals surface area contributed by atoms with Crippen molar-refractivity contribution in [3.05, 3.63) is 42.1 Å². The first-order chi connectivity index (χ1) is 9.35. The lowest BCUT2D eigenvalue weighted by atomic mass is 10.1. The van der Waals surface area contributed by atoms with Gasteiger partial charge in [0.05, 0.1) is 11.2 Å². The molecule has 0 saturated carbocycles. The van der Waals surface area contributed by atoms with Crippen molar-refractivity contribution in [3.8, 4) is 0 Å². The van der Waals surface area contributed by atoms with Gasteiger partial charge in [0.2, 0.25) is 0 Å². The average molecular weight is 328 g/mol. The second-order valence-corrected chi connectivity index (χ2v) is 5.36. The maximum Gasteiger partial charge on any atom is 0.0705 e. The molecule has 1 fully saturated rings. The zero-order valence-electron chi connectivity index (χ0n) is 12.3. The number of pyridine rings is 1. The molecule has 0 amide bonds. The molecule has 0 radical (unpaired) electrons. The van der Waals surface area contributed by atoms with Gasteiger partial charge in [-0.1, -0.05) is 24.3 Å². The molecule has 1 aliphatic rings. The molecule has 5 heteroatoms. The van der Waals surface area contributed by atoms with Crippen molar-refractivity contribution < 1.29 is 0 Å². The van der Waals surface area contributed by atoms with E-state index in [1.807, 2.05) is 0 Å². The maximum atomic E-state index is 4.76. The number of likely N-dealkylation sites (N-methyl/N-ethyl adjacent to an activating group) is 1. The summed E-state index contributed by atoms with van der Waals surface area (Å²) in [7, 11) is 2.06. The van der Waals surface area contributed by atoms with Gasteiger partial charge in [0.25, 0.3) is 0 Å². The Labute approximate surface area is 138 Å². The minimum absolute atomic E-state index is 0. The molecule has 1 saturated heterocycles. The molecule has 2 heterocycles. The highest BCUT2D eigenvalue weighted by Crippen LogP contribution is 2.16. The normalized spacial score (nSPS) is 18.8. The van der Waals surface area contributed by atoms with Crippen molar-refractivity contribution in [2.24, 2.45) is 0 Å². The van der Waals surface area contributed by atoms with Gasteiger partial charge < -0.3 is 5.32 Å². The summed E-state index contributed by atoms with van der Waals surface area (Å²) in [6, 6.07) is 13.3. The molecule has 1 aromatic heterocycles. The van der Waals surface area contributed by atoms with Crippen molar-refractivity contribution >= 4 is 35.7 Å². The first kappa shape index (κ1) is 18.2. The Morgan fingerprint density at radius 3 is 2.81 bits per heavy atom. The van der Waals surface area contributed by atoms with Crippen LogP contribution in [0.5, 0.6) is 0 Å². The van der Waals surface area contributed by atoms with Gasteiger partial charge in [-0.3, -0.25) is 9.88 Å². The van der Waals surface area contributed by atoms with E-state index in [-0.39, 0.29) is 24.8 Å². The predicted molar refractivity (Wildman–Crippen MR) is 93.6 cm³/mol. The van der Waals surface area contributed by atoms with Crippen molar-refractivity contribution in [1.82, 2.24) is 15.2 Å². The average Bonchev–Trinajstić information content (AvgIpc) is 2.47. The summed E-state index contributed by atoms with van der Waals surface area (Å²) in [5.74, 6) is 0. The molecule has 21 heavy (non-hydrogen) atoms. The van der Waals surface area contributed by atoms with Gasteiger partial charge in [-0.25, -0.2) is 0 Å². The number of halogens is 2. The SMILES string of the molecule is CNC1CCCN(Cc2ccc3ccccc3n2)C1.Cl.Cl. The number of aromatic nitrogens is 1. The predicted octanol–water partition coefficient (Wildman–Crippen LogP) is 3.26. The lowest BCUT2D eigenvalue weighted by molar-refractivity contribution is 0.186. The lowest BCUT2D eigenvalue weighted by Gasteiger charge is -2.32. The summed E-state index contributed by atoms with van der Waals surface area (Å²) in [4.78, 5) is 7.26. The molecule has 2 aromatic rings. The molecule has 1 N–H and O–H groups in total. The van der Waals surface area contributed by atoms with Crippen molar-refractivity contribution in [2.75, 3.05) is 20.1 Å². The molecule has 3 nitrogen and oxygen atoms in total. The van der Waals surface area contributed by atoms with E-state index in [4.69, 9.17) is 4.98 Å². The summed E-state index contributed by atoms with van der Waals surface area (Å²) < 4.78 is 0. The number of rotatable bonds is 3. The van der Waals surface area contributed by atoms with Crippen LogP contribution in [0.1, 0.15) is 18.5 Å². The van der Waals surface area contributed by atoms with Gasteiger partial charge >= 0.3 is 0 Å². The molecular formula is C16H23Cl2N3. The summed E-state index contributed by atoms with van der Waals surface area (Å²) in [5.41, 5.74) is 2.28. The van der Waals surface area contributed by atoms with E-state index in [2.05, 4.69) is 53.7 Å². The third-order valence-corrected chi connectivity index (χ3v) is 3.96. The zero-order chi connectivity index (χ0) is 13.1. The van der Waals surface area contributed by atoms with Crippen molar-refractivity contribution in [3.63, 3.8) is 0 Å². The number of nitrogens with one attached hydrogen (secondary N) is 1. The zero-order valence-corrected chi connectivity index (χ0v) is 13.9. The standard InChI is InChI=1S/C16H21N3.2ClH/c1-17-14-6-4-10-19(11-14)12-15-9-8-13-5-2-3-7-16(13)18-15;;/h2-3,5,7-9,14,17H,4,6,10-12H2,1H3;2*1H. The molecule has 0 aliphatic carbocycles. The van der Waals surface area contributed by atoms with Crippen molar-refractivity contribution in [1.29, 1.82) is 0 Å². The Hall–Kier alpha value is -0.870. The van der Waals surface area contributed by atoms with Gasteiger partial charge in [0.15, 0.2) is 0 Å². The monoisotopic (exact) mass is 327 g/mol. The molecule has 1 unspecified atom stereocenters. The molecule has 1 atom stereocenters. The van der Waals surface area contributed by atoms with Crippen LogP contribution in [0.15, 0.2) is 36.4 Å². The molecule has 3 rings (SSSR count). The number of nitrogens with zero attached hydrogens (tertiary/aromatic N) is 2. The molecule has 0 bridgehead atoms. The lowest BCUT2D eigenvalue weighted by Crippen LogP contribution is -2.43. The summed E-state index contributed by atoms with van der Waals surface area (Å²) in [5, 5.41) is 4.61. The van der Waals surface area contributed by atoms with Gasteiger partial charge in [-0.15, -0.1) is 24.8 Å². The smallest absolute Gasteiger partial charge is 0.0705 e. The first-order valence-corrected chi connectivity index (χ1v) is 7.09. The van der Waals surface area contributed by atoms with Gasteiger partial charge in [-0.2, -0.15) is 0 Å². The first-order valence-electron chi connectivity index (χ1n) is 7.09. The highest BCUT2D eigenvalue weighted by Gasteiger charge is 2.18. The topological polar surface area (TPSA) is 28.2 Å². The van der Waals surface area contributed by atoms with Gasteiger partial charge in [0.1, 0.15) is 0 Å². The summed E-state index contributed by atoms with van der Waals surface area (Å²) in [6.45, 7) is 3.28. The third-order valence-electron chi connectivity index (χ3n) is 3.96. The van der Waals surface area contributed by atoms with Crippen LogP contribution < -0.4 is 5.32 Å². The number of para-hydroxylation sites is 1. The van der Waals surface area contributed by atoms with Crippen LogP contribution in [0.2, 0.25) is 0 Å². The Balaban J connectivity index is 0.00000110. The van der Waals surface area contributed by atoms with E-state index >= 15 is 0 Å². The fraction of sp³-hybridized carbons (Fsp3) is 0.438. The fourth-order valence-corrected chi connectivity index (χ4v) is 2.86. The Morgan fingerprint density at radius 2 is 2.00 bits per heavy atom. The number of piperidine rings is 1. The maximum absolute atomic E-state index is 4.76. The van der Waals surface area contributed by atoms with E-state index in [9.17, 15) is 0 Å². The van der Waals surface area contributed by atoms with Crippen LogP contribution in [0, 0.1) is 0 Å². The molecular weight excluding hydrogens is 305 g/mol. The fourth-order valence-electron chi connectivity index (χ4n) is 2.86. The number of benzene rings is 1. The molecule has 1 aromatic carbocycles. The third kappa shape index (κ3) is 4.55. The quantitative estimate of drug-likeness (QED) is 0.937. The minimum atomic E-state index is 0. The van der Waals surface area contributed by atoms with Crippen LogP contribution in [-0.4, -0.2) is 36.1 Å². The van der Waals surface area contributed by atoms with Crippen molar-refractivity contribution in [2.45, 2.75) is 25.4 Å². The van der Waals surface area contributed by atoms with Crippen LogP contribution >= 0.6 is 24.8 Å². The Morgan fingerprint density at radius 1 is 1.19 bits per heavy atom. The van der Waals surface area contributed by atoms with Crippen LogP contribution in [-0.2, 0) is 6.54 Å². The highest BCUT2D eigenvalue weighted by atomic mass is 35.5. The van der Waals surface area contributed by atoms with E-state index < -0.39 is 0 Å². The summed E-state index contributed by atoms with van der Waals surface area (Å²) in [6.07, 6.45) is 2.57.